The maximum Gasteiger partial charge on any atom is 0.239 e. The van der Waals surface area contributed by atoms with Crippen LogP contribution in [0.15, 0.2) is 42.6 Å². The van der Waals surface area contributed by atoms with Crippen LogP contribution in [0.25, 0.3) is 0 Å². The number of nitrogens with zero attached hydrogens (tertiary/aromatic N) is 1. The van der Waals surface area contributed by atoms with Crippen molar-refractivity contribution in [2.45, 2.75) is 13.0 Å². The fourth-order valence-electron chi connectivity index (χ4n) is 1.82. The third-order valence-electron chi connectivity index (χ3n) is 2.94. The maximum atomic E-state index is 13.6. The summed E-state index contributed by atoms with van der Waals surface area (Å²) in [6.07, 6.45) is 1.45. The van der Waals surface area contributed by atoms with E-state index in [9.17, 15) is 9.18 Å². The van der Waals surface area contributed by atoms with Crippen molar-refractivity contribution in [3.63, 3.8) is 0 Å². The molecule has 0 saturated carbocycles. The summed E-state index contributed by atoms with van der Waals surface area (Å²) < 4.78 is 13.6. The van der Waals surface area contributed by atoms with Gasteiger partial charge in [-0.05, 0) is 25.1 Å². The van der Waals surface area contributed by atoms with E-state index in [2.05, 4.69) is 15.6 Å². The number of hydrogen-bond donors (Lipinski definition) is 2. The number of pyridine rings is 1. The van der Waals surface area contributed by atoms with Crippen LogP contribution in [0.3, 0.4) is 0 Å². The zero-order valence-corrected chi connectivity index (χ0v) is 12.2. The summed E-state index contributed by atoms with van der Waals surface area (Å²) in [5, 5.41) is 6.09. The average Bonchev–Trinajstić information content (AvgIpc) is 2.48. The Morgan fingerprint density at radius 2 is 2.10 bits per heavy atom. The first kappa shape index (κ1) is 15.4. The number of carbonyl (C=O) groups excluding carboxylic acids is 1. The highest BCUT2D eigenvalue weighted by molar-refractivity contribution is 6.30. The summed E-state index contributed by atoms with van der Waals surface area (Å²) in [4.78, 5) is 15.7. The summed E-state index contributed by atoms with van der Waals surface area (Å²) in [6.45, 7) is 1.85. The monoisotopic (exact) mass is 307 g/mol. The molecule has 110 valence electrons. The van der Waals surface area contributed by atoms with Gasteiger partial charge in [-0.15, -0.1) is 0 Å². The molecule has 1 amide bonds. The lowest BCUT2D eigenvalue weighted by Gasteiger charge is -2.14. The number of amides is 1. The van der Waals surface area contributed by atoms with Gasteiger partial charge in [-0.2, -0.15) is 0 Å². The van der Waals surface area contributed by atoms with Crippen LogP contribution in [0.5, 0.6) is 0 Å². The van der Waals surface area contributed by atoms with E-state index in [0.717, 1.165) is 0 Å². The van der Waals surface area contributed by atoms with Gasteiger partial charge in [0.2, 0.25) is 5.91 Å². The summed E-state index contributed by atoms with van der Waals surface area (Å²) in [5.74, 6) is -0.130. The smallest absolute Gasteiger partial charge is 0.239 e. The van der Waals surface area contributed by atoms with E-state index in [4.69, 9.17) is 11.6 Å². The minimum Gasteiger partial charge on any atom is -0.310 e. The molecular weight excluding hydrogens is 293 g/mol. The number of hydrogen-bond acceptors (Lipinski definition) is 3. The number of nitrogens with one attached hydrogen (secondary N) is 2. The standard InChI is InChI=1S/C15H15ClFN3O/c1-10(12-4-2-3-5-13(12)17)18-9-15(21)20-14-7-6-11(16)8-19-14/h2-8,10,18H,9H2,1H3,(H,19,20,21). The minimum atomic E-state index is -0.294. The second kappa shape index (κ2) is 7.15. The molecule has 0 aliphatic heterocycles. The molecule has 1 unspecified atom stereocenters. The SMILES string of the molecule is CC(NCC(=O)Nc1ccc(Cl)cn1)c1ccccc1F. The van der Waals surface area contributed by atoms with Crippen molar-refractivity contribution in [1.82, 2.24) is 10.3 Å². The van der Waals surface area contributed by atoms with Gasteiger partial charge in [0, 0.05) is 17.8 Å². The number of anilines is 1. The van der Waals surface area contributed by atoms with Crippen molar-refractivity contribution >= 4 is 23.3 Å². The summed E-state index contributed by atoms with van der Waals surface area (Å²) >= 11 is 5.71. The number of rotatable bonds is 5. The summed E-state index contributed by atoms with van der Waals surface area (Å²) in [7, 11) is 0. The number of aromatic nitrogens is 1. The Labute approximate surface area is 127 Å². The number of benzene rings is 1. The third-order valence-corrected chi connectivity index (χ3v) is 3.16. The molecular formula is C15H15ClFN3O. The molecule has 2 N–H and O–H groups in total. The average molecular weight is 308 g/mol. The van der Waals surface area contributed by atoms with Gasteiger partial charge in [-0.25, -0.2) is 9.37 Å². The molecule has 1 atom stereocenters. The molecule has 1 aromatic carbocycles. The first-order valence-corrected chi connectivity index (χ1v) is 6.83. The van der Waals surface area contributed by atoms with Gasteiger partial charge in [0.15, 0.2) is 0 Å². The Kier molecular flexibility index (Phi) is 5.25. The van der Waals surface area contributed by atoms with Gasteiger partial charge in [-0.3, -0.25) is 4.79 Å². The Morgan fingerprint density at radius 3 is 2.76 bits per heavy atom. The first-order valence-electron chi connectivity index (χ1n) is 6.45. The number of halogens is 2. The Bertz CT molecular complexity index is 619. The molecule has 2 rings (SSSR count). The Balaban J connectivity index is 1.86. The van der Waals surface area contributed by atoms with Crippen LogP contribution in [0.2, 0.25) is 5.02 Å². The van der Waals surface area contributed by atoms with Gasteiger partial charge < -0.3 is 10.6 Å². The van der Waals surface area contributed by atoms with Crippen LogP contribution in [-0.4, -0.2) is 17.4 Å². The highest BCUT2D eigenvalue weighted by atomic mass is 35.5. The van der Waals surface area contributed by atoms with Gasteiger partial charge in [0.1, 0.15) is 11.6 Å². The van der Waals surface area contributed by atoms with Gasteiger partial charge >= 0.3 is 0 Å². The van der Waals surface area contributed by atoms with Gasteiger partial charge in [0.05, 0.1) is 11.6 Å². The Hall–Kier alpha value is -1.98. The predicted octanol–water partition coefficient (Wildman–Crippen LogP) is 3.16. The fourth-order valence-corrected chi connectivity index (χ4v) is 1.93. The molecule has 0 fully saturated rings. The first-order chi connectivity index (χ1) is 10.1. The highest BCUT2D eigenvalue weighted by Gasteiger charge is 2.11. The molecule has 0 aliphatic rings. The Morgan fingerprint density at radius 1 is 1.33 bits per heavy atom. The number of carbonyl (C=O) groups is 1. The molecule has 21 heavy (non-hydrogen) atoms. The quantitative estimate of drug-likeness (QED) is 0.892. The van der Waals surface area contributed by atoms with Crippen LogP contribution in [-0.2, 0) is 4.79 Å². The van der Waals surface area contributed by atoms with Crippen LogP contribution in [0.4, 0.5) is 10.2 Å². The molecule has 0 spiro atoms. The van der Waals surface area contributed by atoms with Crippen LogP contribution in [0, 0.1) is 5.82 Å². The van der Waals surface area contributed by atoms with Crippen LogP contribution >= 0.6 is 11.6 Å². The zero-order valence-electron chi connectivity index (χ0n) is 11.4. The molecule has 0 radical (unpaired) electrons. The largest absolute Gasteiger partial charge is 0.310 e. The van der Waals surface area contributed by atoms with Crippen LogP contribution < -0.4 is 10.6 Å². The molecule has 0 aliphatic carbocycles. The van der Waals surface area contributed by atoms with E-state index in [1.807, 2.05) is 0 Å². The molecule has 0 bridgehead atoms. The lowest BCUT2D eigenvalue weighted by Crippen LogP contribution is -2.30. The van der Waals surface area contributed by atoms with Crippen molar-refractivity contribution in [3.8, 4) is 0 Å². The van der Waals surface area contributed by atoms with E-state index < -0.39 is 0 Å². The third kappa shape index (κ3) is 4.51. The second-order valence-electron chi connectivity index (χ2n) is 4.53. The van der Waals surface area contributed by atoms with Crippen LogP contribution in [0.1, 0.15) is 18.5 Å². The fraction of sp³-hybridized carbons (Fsp3) is 0.200. The van der Waals surface area contributed by atoms with E-state index in [-0.39, 0.29) is 24.3 Å². The normalized spacial score (nSPS) is 12.0. The predicted molar refractivity (Wildman–Crippen MR) is 80.7 cm³/mol. The van der Waals surface area contributed by atoms with Gasteiger partial charge in [0.25, 0.3) is 0 Å². The minimum absolute atomic E-state index is 0.0554. The van der Waals surface area contributed by atoms with Crippen molar-refractivity contribution in [3.05, 3.63) is 59.0 Å². The molecule has 1 heterocycles. The highest BCUT2D eigenvalue weighted by Crippen LogP contribution is 2.15. The van der Waals surface area contributed by atoms with E-state index >= 15 is 0 Å². The van der Waals surface area contributed by atoms with E-state index in [0.29, 0.717) is 16.4 Å². The summed E-state index contributed by atoms with van der Waals surface area (Å²) in [5.41, 5.74) is 0.523. The molecule has 0 saturated heterocycles. The van der Waals surface area contributed by atoms with E-state index in [1.54, 1.807) is 37.3 Å². The molecule has 6 heteroatoms. The molecule has 4 nitrogen and oxygen atoms in total. The van der Waals surface area contributed by atoms with Gasteiger partial charge in [-0.1, -0.05) is 29.8 Å². The van der Waals surface area contributed by atoms with Crippen molar-refractivity contribution in [1.29, 1.82) is 0 Å². The topological polar surface area (TPSA) is 54.0 Å². The van der Waals surface area contributed by atoms with Crippen molar-refractivity contribution < 1.29 is 9.18 Å². The maximum absolute atomic E-state index is 13.6. The second-order valence-corrected chi connectivity index (χ2v) is 4.97. The van der Waals surface area contributed by atoms with E-state index in [1.165, 1.54) is 12.3 Å². The lowest BCUT2D eigenvalue weighted by atomic mass is 10.1. The zero-order chi connectivity index (χ0) is 15.2. The molecule has 2 aromatic rings. The van der Waals surface area contributed by atoms with Crippen molar-refractivity contribution in [2.24, 2.45) is 0 Å². The lowest BCUT2D eigenvalue weighted by molar-refractivity contribution is -0.115. The molecule has 1 aromatic heterocycles. The summed E-state index contributed by atoms with van der Waals surface area (Å²) in [6, 6.07) is 9.45. The van der Waals surface area contributed by atoms with Crippen molar-refractivity contribution in [2.75, 3.05) is 11.9 Å².